The van der Waals surface area contributed by atoms with Crippen LogP contribution in [-0.4, -0.2) is 25.1 Å². The van der Waals surface area contributed by atoms with E-state index in [4.69, 9.17) is 4.74 Å². The minimum Gasteiger partial charge on any atom is -0.492 e. The molecule has 2 nitrogen and oxygen atoms in total. The lowest BCUT2D eigenvalue weighted by Gasteiger charge is -2.17. The Kier molecular flexibility index (Phi) is 5.07. The minimum atomic E-state index is -0.809. The second-order valence-electron chi connectivity index (χ2n) is 4.61. The molecule has 2 aromatic carbocycles. The lowest BCUT2D eigenvalue weighted by Crippen LogP contribution is -2.24. The van der Waals surface area contributed by atoms with E-state index >= 15 is 0 Å². The molecular weight excluding hydrogens is 260 g/mol. The predicted molar refractivity (Wildman–Crippen MR) is 74.6 cm³/mol. The fraction of sp³-hybridized carbons (Fsp3) is 0.250. The van der Waals surface area contributed by atoms with Crippen LogP contribution in [0.3, 0.4) is 0 Å². The van der Waals surface area contributed by atoms with E-state index in [1.54, 1.807) is 6.07 Å². The van der Waals surface area contributed by atoms with Crippen LogP contribution in [0.25, 0.3) is 0 Å². The number of likely N-dealkylation sites (N-methyl/N-ethyl adjacent to an activating group) is 1. The molecule has 0 heterocycles. The lowest BCUT2D eigenvalue weighted by molar-refractivity contribution is 0.230. The first-order valence-corrected chi connectivity index (χ1v) is 6.46. The first-order chi connectivity index (χ1) is 9.66. The number of ether oxygens (including phenoxy) is 1. The van der Waals surface area contributed by atoms with E-state index in [1.807, 2.05) is 42.3 Å². The van der Waals surface area contributed by atoms with Gasteiger partial charge in [-0.25, -0.2) is 8.78 Å². The van der Waals surface area contributed by atoms with Crippen molar-refractivity contribution in [3.05, 3.63) is 65.7 Å². The van der Waals surface area contributed by atoms with Crippen molar-refractivity contribution in [2.24, 2.45) is 0 Å². The lowest BCUT2D eigenvalue weighted by atomic mass is 10.2. The second-order valence-corrected chi connectivity index (χ2v) is 4.61. The van der Waals surface area contributed by atoms with Crippen LogP contribution >= 0.6 is 0 Å². The highest BCUT2D eigenvalue weighted by Gasteiger charge is 2.09. The maximum atomic E-state index is 13.5. The molecule has 0 aliphatic rings. The Morgan fingerprint density at radius 3 is 2.50 bits per heavy atom. The van der Waals surface area contributed by atoms with E-state index in [-0.39, 0.29) is 0 Å². The van der Waals surface area contributed by atoms with Crippen LogP contribution in [0, 0.1) is 11.6 Å². The molecule has 0 saturated heterocycles. The molecule has 0 atom stereocenters. The standard InChI is InChI=1S/C16H17F2NO/c1-19(10-11-20-14-7-3-2-4-8-14)12-13-6-5-9-15(17)16(13)18/h2-9H,10-12H2,1H3. The molecular formula is C16H17F2NO. The summed E-state index contributed by atoms with van der Waals surface area (Å²) in [6.45, 7) is 1.48. The van der Waals surface area contributed by atoms with Crippen molar-refractivity contribution < 1.29 is 13.5 Å². The zero-order chi connectivity index (χ0) is 14.4. The van der Waals surface area contributed by atoms with Gasteiger partial charge in [-0.3, -0.25) is 4.90 Å². The fourth-order valence-electron chi connectivity index (χ4n) is 1.88. The van der Waals surface area contributed by atoms with Gasteiger partial charge in [-0.05, 0) is 25.2 Å². The van der Waals surface area contributed by atoms with Gasteiger partial charge < -0.3 is 4.74 Å². The number of nitrogens with zero attached hydrogens (tertiary/aromatic N) is 1. The van der Waals surface area contributed by atoms with Crippen LogP contribution < -0.4 is 4.74 Å². The summed E-state index contributed by atoms with van der Waals surface area (Å²) in [4.78, 5) is 1.89. The molecule has 0 bridgehead atoms. The summed E-state index contributed by atoms with van der Waals surface area (Å²) in [5.41, 5.74) is 0.354. The Balaban J connectivity index is 1.81. The zero-order valence-electron chi connectivity index (χ0n) is 11.4. The van der Waals surface area contributed by atoms with Gasteiger partial charge in [0, 0.05) is 18.7 Å². The van der Waals surface area contributed by atoms with Gasteiger partial charge in [0.15, 0.2) is 11.6 Å². The molecule has 0 saturated carbocycles. The first kappa shape index (κ1) is 14.5. The average molecular weight is 277 g/mol. The van der Waals surface area contributed by atoms with Crippen molar-refractivity contribution in [1.82, 2.24) is 4.90 Å². The van der Waals surface area contributed by atoms with Gasteiger partial charge in [-0.15, -0.1) is 0 Å². The highest BCUT2D eigenvalue weighted by molar-refractivity contribution is 5.21. The Hall–Kier alpha value is -1.94. The summed E-state index contributed by atoms with van der Waals surface area (Å²) in [5, 5.41) is 0. The molecule has 4 heteroatoms. The highest BCUT2D eigenvalue weighted by atomic mass is 19.2. The third-order valence-electron chi connectivity index (χ3n) is 2.96. The van der Waals surface area contributed by atoms with Crippen molar-refractivity contribution in [2.45, 2.75) is 6.54 Å². The van der Waals surface area contributed by atoms with Gasteiger partial charge in [0.1, 0.15) is 12.4 Å². The van der Waals surface area contributed by atoms with Crippen molar-refractivity contribution in [3.8, 4) is 5.75 Å². The number of para-hydroxylation sites is 1. The van der Waals surface area contributed by atoms with Crippen molar-refractivity contribution >= 4 is 0 Å². The van der Waals surface area contributed by atoms with E-state index in [1.165, 1.54) is 6.07 Å². The molecule has 0 aliphatic carbocycles. The van der Waals surface area contributed by atoms with Crippen LogP contribution in [0.1, 0.15) is 5.56 Å². The summed E-state index contributed by atoms with van der Waals surface area (Å²) in [6.07, 6.45) is 0. The SMILES string of the molecule is CN(CCOc1ccccc1)Cc1cccc(F)c1F. The molecule has 0 unspecified atom stereocenters. The van der Waals surface area contributed by atoms with Crippen LogP contribution in [0.15, 0.2) is 48.5 Å². The quantitative estimate of drug-likeness (QED) is 0.801. The van der Waals surface area contributed by atoms with Crippen molar-refractivity contribution in [1.29, 1.82) is 0 Å². The average Bonchev–Trinajstić information content (AvgIpc) is 2.45. The molecule has 2 aromatic rings. The molecule has 2 rings (SSSR count). The summed E-state index contributed by atoms with van der Waals surface area (Å²) in [5.74, 6) is -0.780. The Morgan fingerprint density at radius 2 is 1.75 bits per heavy atom. The van der Waals surface area contributed by atoms with E-state index in [2.05, 4.69) is 0 Å². The number of halogens is 2. The molecule has 0 N–H and O–H groups in total. The van der Waals surface area contributed by atoms with Crippen molar-refractivity contribution in [2.75, 3.05) is 20.2 Å². The minimum absolute atomic E-state index is 0.349. The normalized spacial score (nSPS) is 10.8. The topological polar surface area (TPSA) is 12.5 Å². The molecule has 0 spiro atoms. The van der Waals surface area contributed by atoms with Crippen LogP contribution in [0.2, 0.25) is 0 Å². The fourth-order valence-corrected chi connectivity index (χ4v) is 1.88. The van der Waals surface area contributed by atoms with E-state index < -0.39 is 11.6 Å². The van der Waals surface area contributed by atoms with Crippen LogP contribution in [0.4, 0.5) is 8.78 Å². The maximum absolute atomic E-state index is 13.5. The number of benzene rings is 2. The molecule has 20 heavy (non-hydrogen) atoms. The monoisotopic (exact) mass is 277 g/mol. The van der Waals surface area contributed by atoms with E-state index in [9.17, 15) is 8.78 Å². The molecule has 0 aromatic heterocycles. The maximum Gasteiger partial charge on any atom is 0.163 e. The van der Waals surface area contributed by atoms with Gasteiger partial charge in [-0.2, -0.15) is 0 Å². The molecule has 0 amide bonds. The van der Waals surface area contributed by atoms with Crippen molar-refractivity contribution in [3.63, 3.8) is 0 Å². The van der Waals surface area contributed by atoms with Gasteiger partial charge in [0.25, 0.3) is 0 Å². The highest BCUT2D eigenvalue weighted by Crippen LogP contribution is 2.13. The van der Waals surface area contributed by atoms with E-state index in [0.717, 1.165) is 11.8 Å². The third-order valence-corrected chi connectivity index (χ3v) is 2.96. The summed E-state index contributed by atoms with van der Waals surface area (Å²) in [6, 6.07) is 13.7. The molecule has 0 fully saturated rings. The van der Waals surface area contributed by atoms with Crippen LogP contribution in [0.5, 0.6) is 5.75 Å². The zero-order valence-corrected chi connectivity index (χ0v) is 11.4. The van der Waals surface area contributed by atoms with Crippen LogP contribution in [-0.2, 0) is 6.54 Å². The molecule has 106 valence electrons. The largest absolute Gasteiger partial charge is 0.492 e. The number of hydrogen-bond donors (Lipinski definition) is 0. The summed E-state index contributed by atoms with van der Waals surface area (Å²) >= 11 is 0. The predicted octanol–water partition coefficient (Wildman–Crippen LogP) is 3.48. The van der Waals surface area contributed by atoms with Gasteiger partial charge in [0.05, 0.1) is 0 Å². The third kappa shape index (κ3) is 4.03. The van der Waals surface area contributed by atoms with Gasteiger partial charge >= 0.3 is 0 Å². The smallest absolute Gasteiger partial charge is 0.163 e. The number of rotatable bonds is 6. The Bertz CT molecular complexity index is 545. The second kappa shape index (κ2) is 7.01. The summed E-state index contributed by atoms with van der Waals surface area (Å²) in [7, 11) is 1.85. The first-order valence-electron chi connectivity index (χ1n) is 6.46. The van der Waals surface area contributed by atoms with Gasteiger partial charge in [0.2, 0.25) is 0 Å². The Labute approximate surface area is 117 Å². The molecule has 0 radical (unpaired) electrons. The molecule has 0 aliphatic heterocycles. The van der Waals surface area contributed by atoms with Gasteiger partial charge in [-0.1, -0.05) is 30.3 Å². The summed E-state index contributed by atoms with van der Waals surface area (Å²) < 4.78 is 32.2. The number of hydrogen-bond acceptors (Lipinski definition) is 2. The Morgan fingerprint density at radius 1 is 1.00 bits per heavy atom. The van der Waals surface area contributed by atoms with E-state index in [0.29, 0.717) is 25.3 Å².